The minimum absolute atomic E-state index is 0.355. The molecule has 1 aromatic heterocycles. The van der Waals surface area contributed by atoms with Crippen LogP contribution in [0.25, 0.3) is 10.9 Å². The van der Waals surface area contributed by atoms with Crippen molar-refractivity contribution in [2.24, 2.45) is 0 Å². The second-order valence-corrected chi connectivity index (χ2v) is 3.56. The summed E-state index contributed by atoms with van der Waals surface area (Å²) in [6.45, 7) is -0.355. The molecule has 0 radical (unpaired) electrons. The molecule has 16 heavy (non-hydrogen) atoms. The van der Waals surface area contributed by atoms with Gasteiger partial charge in [-0.3, -0.25) is 0 Å². The highest BCUT2D eigenvalue weighted by Gasteiger charge is 2.01. The molecule has 0 unspecified atom stereocenters. The molecule has 1 aromatic carbocycles. The van der Waals surface area contributed by atoms with E-state index in [1.165, 1.54) is 0 Å². The van der Waals surface area contributed by atoms with Crippen LogP contribution in [0.1, 0.15) is 0 Å². The first-order valence-corrected chi connectivity index (χ1v) is 4.94. The van der Waals surface area contributed by atoms with Crippen molar-refractivity contribution in [3.05, 3.63) is 35.5 Å². The van der Waals surface area contributed by atoms with Crippen LogP contribution in [0.5, 0.6) is 5.75 Å². The number of halogens is 1. The largest absolute Gasteiger partial charge is 0.482 e. The number of carbonyl (C=O) groups is 1. The Hall–Kier alpha value is -1.81. The number of hydrogen-bond acceptors (Lipinski definition) is 3. The number of carboxylic acid groups (broad SMARTS) is 1. The van der Waals surface area contributed by atoms with E-state index in [4.69, 9.17) is 21.4 Å². The Kier molecular flexibility index (Phi) is 2.92. The third kappa shape index (κ3) is 2.41. The Morgan fingerprint density at radius 1 is 1.38 bits per heavy atom. The molecular weight excluding hydrogens is 230 g/mol. The van der Waals surface area contributed by atoms with Gasteiger partial charge in [0.15, 0.2) is 6.61 Å². The minimum atomic E-state index is -1.01. The summed E-state index contributed by atoms with van der Waals surface area (Å²) in [6, 6.07) is 8.59. The number of fused-ring (bicyclic) bond motifs is 1. The maximum Gasteiger partial charge on any atom is 0.341 e. The van der Waals surface area contributed by atoms with E-state index in [2.05, 4.69) is 4.98 Å². The Labute approximate surface area is 96.4 Å². The van der Waals surface area contributed by atoms with Crippen molar-refractivity contribution in [1.29, 1.82) is 0 Å². The Morgan fingerprint density at radius 2 is 2.19 bits per heavy atom. The van der Waals surface area contributed by atoms with Crippen molar-refractivity contribution in [2.75, 3.05) is 6.61 Å². The second-order valence-electron chi connectivity index (χ2n) is 3.17. The van der Waals surface area contributed by atoms with E-state index in [0.717, 1.165) is 10.9 Å². The Balaban J connectivity index is 2.30. The predicted octanol–water partition coefficient (Wildman–Crippen LogP) is 2.35. The fourth-order valence-electron chi connectivity index (χ4n) is 1.31. The molecular formula is C11H8ClNO3. The first kappa shape index (κ1) is 10.7. The van der Waals surface area contributed by atoms with Crippen molar-refractivity contribution >= 4 is 28.5 Å². The Bertz CT molecular complexity index is 542. The molecule has 0 saturated carbocycles. The summed E-state index contributed by atoms with van der Waals surface area (Å²) in [6.07, 6.45) is 0. The first-order chi connectivity index (χ1) is 7.65. The summed E-state index contributed by atoms with van der Waals surface area (Å²) in [5, 5.41) is 9.75. The molecule has 1 heterocycles. The van der Waals surface area contributed by atoms with Crippen molar-refractivity contribution in [1.82, 2.24) is 4.98 Å². The maximum atomic E-state index is 10.3. The molecule has 0 aliphatic rings. The number of ether oxygens (including phenoxy) is 1. The van der Waals surface area contributed by atoms with Crippen molar-refractivity contribution in [3.8, 4) is 5.75 Å². The van der Waals surface area contributed by atoms with Gasteiger partial charge in [0.1, 0.15) is 10.9 Å². The van der Waals surface area contributed by atoms with Gasteiger partial charge >= 0.3 is 5.97 Å². The maximum absolute atomic E-state index is 10.3. The van der Waals surface area contributed by atoms with Crippen LogP contribution in [-0.2, 0) is 4.79 Å². The number of benzene rings is 1. The van der Waals surface area contributed by atoms with E-state index in [1.54, 1.807) is 30.3 Å². The minimum Gasteiger partial charge on any atom is -0.482 e. The lowest BCUT2D eigenvalue weighted by molar-refractivity contribution is -0.139. The molecule has 0 atom stereocenters. The van der Waals surface area contributed by atoms with E-state index < -0.39 is 5.97 Å². The molecule has 0 saturated heterocycles. The van der Waals surface area contributed by atoms with Crippen LogP contribution in [-0.4, -0.2) is 22.7 Å². The number of aromatic nitrogens is 1. The fourth-order valence-corrected chi connectivity index (χ4v) is 1.47. The average molecular weight is 238 g/mol. The van der Waals surface area contributed by atoms with Crippen LogP contribution in [0.4, 0.5) is 0 Å². The van der Waals surface area contributed by atoms with Gasteiger partial charge in [0.05, 0.1) is 5.52 Å². The smallest absolute Gasteiger partial charge is 0.341 e. The van der Waals surface area contributed by atoms with Gasteiger partial charge in [-0.15, -0.1) is 0 Å². The monoisotopic (exact) mass is 237 g/mol. The second kappa shape index (κ2) is 4.37. The molecule has 0 spiro atoms. The molecule has 1 N–H and O–H groups in total. The van der Waals surface area contributed by atoms with Gasteiger partial charge in [-0.05, 0) is 30.3 Å². The van der Waals surface area contributed by atoms with E-state index in [-0.39, 0.29) is 6.61 Å². The van der Waals surface area contributed by atoms with Crippen molar-refractivity contribution in [3.63, 3.8) is 0 Å². The molecule has 82 valence electrons. The summed E-state index contributed by atoms with van der Waals surface area (Å²) in [5.74, 6) is -0.506. The van der Waals surface area contributed by atoms with Crippen LogP contribution in [0.2, 0.25) is 5.15 Å². The van der Waals surface area contributed by atoms with Crippen LogP contribution < -0.4 is 4.74 Å². The zero-order chi connectivity index (χ0) is 11.5. The van der Waals surface area contributed by atoms with Gasteiger partial charge in [-0.25, -0.2) is 9.78 Å². The Morgan fingerprint density at radius 3 is 2.94 bits per heavy atom. The molecule has 2 aromatic rings. The van der Waals surface area contributed by atoms with Crippen molar-refractivity contribution < 1.29 is 14.6 Å². The lowest BCUT2D eigenvalue weighted by Crippen LogP contribution is -2.09. The van der Waals surface area contributed by atoms with Gasteiger partial charge in [-0.1, -0.05) is 11.6 Å². The highest BCUT2D eigenvalue weighted by Crippen LogP contribution is 2.21. The highest BCUT2D eigenvalue weighted by molar-refractivity contribution is 6.29. The zero-order valence-corrected chi connectivity index (χ0v) is 8.94. The zero-order valence-electron chi connectivity index (χ0n) is 8.18. The van der Waals surface area contributed by atoms with Crippen molar-refractivity contribution in [2.45, 2.75) is 0 Å². The van der Waals surface area contributed by atoms with E-state index >= 15 is 0 Å². The summed E-state index contributed by atoms with van der Waals surface area (Å²) in [7, 11) is 0. The normalized spacial score (nSPS) is 10.3. The first-order valence-electron chi connectivity index (χ1n) is 4.56. The molecule has 0 bridgehead atoms. The lowest BCUT2D eigenvalue weighted by atomic mass is 10.2. The molecule has 0 amide bonds. The lowest BCUT2D eigenvalue weighted by Gasteiger charge is -2.04. The topological polar surface area (TPSA) is 59.4 Å². The van der Waals surface area contributed by atoms with Gasteiger partial charge in [-0.2, -0.15) is 0 Å². The molecule has 0 fully saturated rings. The van der Waals surface area contributed by atoms with Gasteiger partial charge in [0.2, 0.25) is 0 Å². The third-order valence-corrected chi connectivity index (χ3v) is 2.20. The molecule has 0 aliphatic carbocycles. The number of aliphatic carboxylic acids is 1. The SMILES string of the molecule is O=C(O)COc1ccc2nc(Cl)ccc2c1. The van der Waals surface area contributed by atoms with Crippen LogP contribution in [0, 0.1) is 0 Å². The standard InChI is InChI=1S/C11H8ClNO3/c12-10-4-1-7-5-8(16-6-11(14)15)2-3-9(7)13-10/h1-5H,6H2,(H,14,15). The number of rotatable bonds is 3. The number of nitrogens with zero attached hydrogens (tertiary/aromatic N) is 1. The van der Waals surface area contributed by atoms with Crippen LogP contribution in [0.3, 0.4) is 0 Å². The van der Waals surface area contributed by atoms with E-state index in [0.29, 0.717) is 10.9 Å². The van der Waals surface area contributed by atoms with Gasteiger partial charge in [0, 0.05) is 5.39 Å². The quantitative estimate of drug-likeness (QED) is 0.833. The number of hydrogen-bond donors (Lipinski definition) is 1. The fraction of sp³-hybridized carbons (Fsp3) is 0.0909. The number of pyridine rings is 1. The van der Waals surface area contributed by atoms with Crippen LogP contribution in [0.15, 0.2) is 30.3 Å². The molecule has 2 rings (SSSR count). The third-order valence-electron chi connectivity index (χ3n) is 1.99. The summed E-state index contributed by atoms with van der Waals surface area (Å²) >= 11 is 5.74. The summed E-state index contributed by atoms with van der Waals surface area (Å²) < 4.78 is 5.05. The highest BCUT2D eigenvalue weighted by atomic mass is 35.5. The van der Waals surface area contributed by atoms with Gasteiger partial charge in [0.25, 0.3) is 0 Å². The summed E-state index contributed by atoms with van der Waals surface area (Å²) in [5.41, 5.74) is 0.746. The summed E-state index contributed by atoms with van der Waals surface area (Å²) in [4.78, 5) is 14.4. The van der Waals surface area contributed by atoms with Gasteiger partial charge < -0.3 is 9.84 Å². The molecule has 4 nitrogen and oxygen atoms in total. The molecule has 0 aliphatic heterocycles. The van der Waals surface area contributed by atoms with E-state index in [1.807, 2.05) is 0 Å². The molecule has 5 heteroatoms. The van der Waals surface area contributed by atoms with E-state index in [9.17, 15) is 4.79 Å². The van der Waals surface area contributed by atoms with Crippen LogP contribution >= 0.6 is 11.6 Å². The average Bonchev–Trinajstić information content (AvgIpc) is 2.26. The predicted molar refractivity (Wildman–Crippen MR) is 59.9 cm³/mol. The number of carboxylic acids is 1.